The summed E-state index contributed by atoms with van der Waals surface area (Å²) in [6, 6.07) is 2.71. The second-order valence-electron chi connectivity index (χ2n) is 3.66. The number of nitro groups is 1. The number of hydrogen-bond acceptors (Lipinski definition) is 7. The van der Waals surface area contributed by atoms with Crippen LogP contribution in [0.1, 0.15) is 6.92 Å². The predicted molar refractivity (Wildman–Crippen MR) is 70.7 cm³/mol. The fourth-order valence-electron chi connectivity index (χ4n) is 1.17. The summed E-state index contributed by atoms with van der Waals surface area (Å²) in [5.74, 6) is 5.61. The van der Waals surface area contributed by atoms with Crippen LogP contribution in [0.15, 0.2) is 12.1 Å². The van der Waals surface area contributed by atoms with Gasteiger partial charge >= 0.3 is 5.69 Å². The van der Waals surface area contributed by atoms with E-state index in [0.717, 1.165) is 0 Å². The Hall–Kier alpha value is -1.74. The summed E-state index contributed by atoms with van der Waals surface area (Å²) < 4.78 is 11.2. The van der Waals surface area contributed by atoms with Crippen LogP contribution in [-0.4, -0.2) is 32.2 Å². The van der Waals surface area contributed by atoms with Crippen molar-refractivity contribution in [1.82, 2.24) is 4.98 Å². The molecule has 1 aromatic heterocycles. The molecule has 0 radical (unpaired) electrons. The highest BCUT2D eigenvalue weighted by molar-refractivity contribution is 7.84. The van der Waals surface area contributed by atoms with E-state index in [1.165, 1.54) is 12.1 Å². The van der Waals surface area contributed by atoms with Crippen molar-refractivity contribution in [2.24, 2.45) is 5.84 Å². The van der Waals surface area contributed by atoms with Crippen LogP contribution in [0.3, 0.4) is 0 Å². The third kappa shape index (κ3) is 3.64. The first-order valence-corrected chi connectivity index (χ1v) is 6.76. The summed E-state index contributed by atoms with van der Waals surface area (Å²) in [6.45, 7) is 2.10. The summed E-state index contributed by atoms with van der Waals surface area (Å²) in [4.78, 5) is 14.2. The van der Waals surface area contributed by atoms with Gasteiger partial charge in [0.2, 0.25) is 5.82 Å². The Morgan fingerprint density at radius 3 is 2.78 bits per heavy atom. The molecule has 0 aliphatic heterocycles. The van der Waals surface area contributed by atoms with Crippen LogP contribution in [0.2, 0.25) is 0 Å². The molecule has 1 rings (SSSR count). The van der Waals surface area contributed by atoms with Gasteiger partial charge in [-0.2, -0.15) is 0 Å². The molecule has 0 aliphatic carbocycles. The highest BCUT2D eigenvalue weighted by Gasteiger charge is 2.17. The number of pyridine rings is 1. The van der Waals surface area contributed by atoms with Crippen molar-refractivity contribution in [1.29, 1.82) is 0 Å². The Bertz CT molecular complexity index is 468. The number of nitrogen functional groups attached to an aromatic ring is 1. The molecular weight excluding hydrogens is 258 g/mol. The van der Waals surface area contributed by atoms with Gasteiger partial charge in [0.05, 0.1) is 4.92 Å². The van der Waals surface area contributed by atoms with Gasteiger partial charge in [0.25, 0.3) is 0 Å². The molecule has 0 fully saturated rings. The molecule has 8 nitrogen and oxygen atoms in total. The van der Waals surface area contributed by atoms with Gasteiger partial charge in [-0.05, 0) is 13.0 Å². The smallest absolute Gasteiger partial charge is 0.311 e. The van der Waals surface area contributed by atoms with Crippen LogP contribution in [0, 0.1) is 10.1 Å². The predicted octanol–water partition coefficient (Wildman–Crippen LogP) is 0.454. The maximum Gasteiger partial charge on any atom is 0.311 e. The van der Waals surface area contributed by atoms with E-state index in [4.69, 9.17) is 5.84 Å². The molecule has 18 heavy (non-hydrogen) atoms. The zero-order chi connectivity index (χ0) is 13.7. The molecule has 0 aliphatic rings. The Balaban J connectivity index is 2.90. The van der Waals surface area contributed by atoms with E-state index in [-0.39, 0.29) is 16.8 Å². The minimum atomic E-state index is -1.01. The van der Waals surface area contributed by atoms with Gasteiger partial charge in [-0.15, -0.1) is 0 Å². The molecule has 1 heterocycles. The van der Waals surface area contributed by atoms with Gasteiger partial charge in [0.1, 0.15) is 5.82 Å². The first kappa shape index (κ1) is 14.3. The highest BCUT2D eigenvalue weighted by atomic mass is 32.2. The minimum Gasteiger partial charge on any atom is -0.363 e. The number of nitrogens with zero attached hydrogens (tertiary/aromatic N) is 2. The number of rotatable bonds is 6. The maximum absolute atomic E-state index is 11.2. The van der Waals surface area contributed by atoms with Gasteiger partial charge in [-0.1, -0.05) is 0 Å². The highest BCUT2D eigenvalue weighted by Crippen LogP contribution is 2.23. The fraction of sp³-hybridized carbons (Fsp3) is 0.444. The molecule has 4 N–H and O–H groups in total. The van der Waals surface area contributed by atoms with Crippen LogP contribution in [0.25, 0.3) is 0 Å². The minimum absolute atomic E-state index is 0.104. The van der Waals surface area contributed by atoms with Gasteiger partial charge in [0, 0.05) is 34.9 Å². The van der Waals surface area contributed by atoms with Crippen molar-refractivity contribution in [2.75, 3.05) is 23.5 Å². The lowest BCUT2D eigenvalue weighted by Gasteiger charge is -2.11. The van der Waals surface area contributed by atoms with Crippen LogP contribution < -0.4 is 16.6 Å². The van der Waals surface area contributed by atoms with Crippen LogP contribution in [0.5, 0.6) is 0 Å². The van der Waals surface area contributed by atoms with Gasteiger partial charge in [0.15, 0.2) is 0 Å². The second kappa shape index (κ2) is 6.26. The molecule has 0 bridgehead atoms. The molecule has 0 aromatic carbocycles. The Morgan fingerprint density at radius 2 is 2.28 bits per heavy atom. The van der Waals surface area contributed by atoms with E-state index in [2.05, 4.69) is 15.7 Å². The topological polar surface area (TPSA) is 123 Å². The van der Waals surface area contributed by atoms with Crippen molar-refractivity contribution < 1.29 is 9.13 Å². The number of aromatic nitrogens is 1. The summed E-state index contributed by atoms with van der Waals surface area (Å²) in [5.41, 5.74) is 2.16. The molecular formula is C9H15N5O3S. The molecule has 100 valence electrons. The van der Waals surface area contributed by atoms with Gasteiger partial charge in [-0.3, -0.25) is 14.3 Å². The zero-order valence-electron chi connectivity index (χ0n) is 10.0. The third-order valence-electron chi connectivity index (χ3n) is 2.34. The first-order valence-electron chi connectivity index (χ1n) is 5.14. The fourth-order valence-corrected chi connectivity index (χ4v) is 1.49. The molecule has 0 amide bonds. The molecule has 2 unspecified atom stereocenters. The Kier molecular flexibility index (Phi) is 4.98. The lowest BCUT2D eigenvalue weighted by molar-refractivity contribution is -0.384. The summed E-state index contributed by atoms with van der Waals surface area (Å²) in [5, 5.41) is 13.5. The molecule has 0 saturated carbocycles. The summed E-state index contributed by atoms with van der Waals surface area (Å²) in [6.07, 6.45) is 1.58. The van der Waals surface area contributed by atoms with Crippen molar-refractivity contribution in [3.63, 3.8) is 0 Å². The molecule has 0 spiro atoms. The lowest BCUT2D eigenvalue weighted by atomic mass is 10.3. The summed E-state index contributed by atoms with van der Waals surface area (Å²) >= 11 is 0. The molecule has 9 heteroatoms. The Labute approximate surface area is 107 Å². The maximum atomic E-state index is 11.2. The number of anilines is 2. The number of hydrazine groups is 1. The average Bonchev–Trinajstić information content (AvgIpc) is 2.34. The lowest BCUT2D eigenvalue weighted by Crippen LogP contribution is -2.22. The number of nitrogens with two attached hydrogens (primary N) is 1. The van der Waals surface area contributed by atoms with Crippen molar-refractivity contribution >= 4 is 28.1 Å². The molecule has 0 saturated heterocycles. The van der Waals surface area contributed by atoms with Crippen LogP contribution in [0.4, 0.5) is 17.3 Å². The number of nitrogens with one attached hydrogen (secondary N) is 2. The van der Waals surface area contributed by atoms with E-state index in [1.54, 1.807) is 13.2 Å². The van der Waals surface area contributed by atoms with E-state index in [9.17, 15) is 14.3 Å². The largest absolute Gasteiger partial charge is 0.363 e. The second-order valence-corrected chi connectivity index (χ2v) is 5.46. The Morgan fingerprint density at radius 1 is 1.61 bits per heavy atom. The average molecular weight is 273 g/mol. The van der Waals surface area contributed by atoms with E-state index in [1.807, 2.05) is 0 Å². The van der Waals surface area contributed by atoms with Crippen LogP contribution >= 0.6 is 0 Å². The zero-order valence-corrected chi connectivity index (χ0v) is 10.9. The number of hydrogen-bond donors (Lipinski definition) is 3. The van der Waals surface area contributed by atoms with Gasteiger partial charge < -0.3 is 10.7 Å². The molecule has 1 aromatic rings. The van der Waals surface area contributed by atoms with Crippen molar-refractivity contribution in [2.45, 2.75) is 12.2 Å². The molecule has 2 atom stereocenters. The standard InChI is InChI=1S/C9H15N5O3S/c1-6(18(2)17)5-11-9-7(14(15)16)3-4-8(12-9)13-10/h3-4,6H,5,10H2,1-2H3,(H2,11,12,13). The first-order chi connectivity index (χ1) is 8.45. The summed E-state index contributed by atoms with van der Waals surface area (Å²) in [7, 11) is -1.01. The van der Waals surface area contributed by atoms with Crippen LogP contribution in [-0.2, 0) is 10.8 Å². The monoisotopic (exact) mass is 273 g/mol. The van der Waals surface area contributed by atoms with Crippen molar-refractivity contribution in [3.05, 3.63) is 22.2 Å². The normalized spacial score (nSPS) is 13.7. The van der Waals surface area contributed by atoms with E-state index >= 15 is 0 Å². The quantitative estimate of drug-likeness (QED) is 0.390. The van der Waals surface area contributed by atoms with E-state index < -0.39 is 15.7 Å². The SMILES string of the molecule is CC(CNc1nc(NN)ccc1[N+](=O)[O-])S(C)=O. The van der Waals surface area contributed by atoms with Gasteiger partial charge in [-0.25, -0.2) is 10.8 Å². The third-order valence-corrected chi connectivity index (χ3v) is 3.64. The van der Waals surface area contributed by atoms with E-state index in [0.29, 0.717) is 12.4 Å². The van der Waals surface area contributed by atoms with Crippen molar-refractivity contribution in [3.8, 4) is 0 Å².